The second kappa shape index (κ2) is 8.81. The number of carbonyl (C=O) groups is 1. The van der Waals surface area contributed by atoms with Crippen LogP contribution in [0.3, 0.4) is 0 Å². The minimum Gasteiger partial charge on any atom is -0.488 e. The number of ketones is 1. The van der Waals surface area contributed by atoms with Gasteiger partial charge in [0, 0.05) is 25.2 Å². The van der Waals surface area contributed by atoms with E-state index in [0.29, 0.717) is 30.3 Å². The number of carbonyl (C=O) groups excluding carboxylic acids is 1. The number of Topliss-reactive ketones (excluding diaryl/α,β-unsaturated/α-hetero) is 1. The molecule has 3 aromatic carbocycles. The first-order chi connectivity index (χ1) is 14.9. The van der Waals surface area contributed by atoms with Crippen molar-refractivity contribution in [1.82, 2.24) is 4.57 Å². The van der Waals surface area contributed by atoms with Crippen LogP contribution in [0.5, 0.6) is 5.75 Å². The monoisotopic (exact) mass is 411 g/mol. The Bertz CT molecular complexity index is 1220. The quantitative estimate of drug-likeness (QED) is 0.320. The molecule has 0 aliphatic heterocycles. The van der Waals surface area contributed by atoms with Crippen LogP contribution in [-0.4, -0.2) is 10.4 Å². The fraction of sp³-hybridized carbons (Fsp3) is 0.250. The molecule has 0 saturated carbocycles. The summed E-state index contributed by atoms with van der Waals surface area (Å²) in [6, 6.07) is 22.4. The van der Waals surface area contributed by atoms with E-state index in [0.717, 1.165) is 22.1 Å². The van der Waals surface area contributed by atoms with Crippen molar-refractivity contribution in [2.75, 3.05) is 0 Å². The second-order valence-corrected chi connectivity index (χ2v) is 8.55. The largest absolute Gasteiger partial charge is 0.488 e. The molecule has 0 aliphatic rings. The van der Waals surface area contributed by atoms with Gasteiger partial charge in [0.25, 0.3) is 0 Å². The maximum absolute atomic E-state index is 13.4. The Morgan fingerprint density at radius 3 is 2.48 bits per heavy atom. The fourth-order valence-corrected chi connectivity index (χ4v) is 4.11. The van der Waals surface area contributed by atoms with Gasteiger partial charge in [-0.1, -0.05) is 50.2 Å². The number of hydrogen-bond donors (Lipinski definition) is 0. The third-order valence-electron chi connectivity index (χ3n) is 5.84. The SMILES string of the molecule is Cc1cc(OCc2ccccc2)c(C(=O)Cc2ccc3c(ccn3C)c2)cc1C(C)C. The van der Waals surface area contributed by atoms with Crippen molar-refractivity contribution in [3.8, 4) is 5.75 Å². The van der Waals surface area contributed by atoms with Gasteiger partial charge < -0.3 is 9.30 Å². The van der Waals surface area contributed by atoms with Crippen LogP contribution >= 0.6 is 0 Å². The van der Waals surface area contributed by atoms with Gasteiger partial charge in [-0.05, 0) is 70.8 Å². The predicted molar refractivity (Wildman–Crippen MR) is 127 cm³/mol. The molecule has 0 radical (unpaired) electrons. The van der Waals surface area contributed by atoms with Gasteiger partial charge in [0.2, 0.25) is 0 Å². The minimum atomic E-state index is 0.0836. The molecule has 3 nitrogen and oxygen atoms in total. The average molecular weight is 412 g/mol. The maximum atomic E-state index is 13.4. The lowest BCUT2D eigenvalue weighted by molar-refractivity contribution is 0.0988. The Balaban J connectivity index is 1.64. The van der Waals surface area contributed by atoms with Crippen molar-refractivity contribution in [3.05, 3.63) is 101 Å². The molecule has 31 heavy (non-hydrogen) atoms. The highest BCUT2D eigenvalue weighted by Gasteiger charge is 2.18. The Morgan fingerprint density at radius 2 is 1.74 bits per heavy atom. The molecule has 0 spiro atoms. The summed E-state index contributed by atoms with van der Waals surface area (Å²) in [5.74, 6) is 1.09. The van der Waals surface area contributed by atoms with E-state index in [-0.39, 0.29) is 5.78 Å². The predicted octanol–water partition coefficient (Wildman–Crippen LogP) is 6.61. The van der Waals surface area contributed by atoms with Gasteiger partial charge in [-0.2, -0.15) is 0 Å². The van der Waals surface area contributed by atoms with Gasteiger partial charge in [0.1, 0.15) is 12.4 Å². The lowest BCUT2D eigenvalue weighted by Crippen LogP contribution is -2.09. The zero-order valence-electron chi connectivity index (χ0n) is 18.7. The van der Waals surface area contributed by atoms with Gasteiger partial charge in [0.05, 0.1) is 5.56 Å². The van der Waals surface area contributed by atoms with Gasteiger partial charge in [0.15, 0.2) is 5.78 Å². The maximum Gasteiger partial charge on any atom is 0.170 e. The summed E-state index contributed by atoms with van der Waals surface area (Å²) < 4.78 is 8.24. The third kappa shape index (κ3) is 4.56. The van der Waals surface area contributed by atoms with Crippen LogP contribution in [-0.2, 0) is 20.1 Å². The molecule has 0 fully saturated rings. The number of benzene rings is 3. The van der Waals surface area contributed by atoms with Crippen molar-refractivity contribution in [3.63, 3.8) is 0 Å². The number of aryl methyl sites for hydroxylation is 2. The number of aromatic nitrogens is 1. The van der Waals surface area contributed by atoms with Crippen LogP contribution in [0.25, 0.3) is 10.9 Å². The molecular formula is C28H29NO2. The number of hydrogen-bond acceptors (Lipinski definition) is 2. The Morgan fingerprint density at radius 1 is 0.968 bits per heavy atom. The Hall–Kier alpha value is -3.33. The second-order valence-electron chi connectivity index (χ2n) is 8.55. The van der Waals surface area contributed by atoms with E-state index in [4.69, 9.17) is 4.74 Å². The number of fused-ring (bicyclic) bond motifs is 1. The summed E-state index contributed by atoms with van der Waals surface area (Å²) in [5, 5.41) is 1.15. The zero-order valence-corrected chi connectivity index (χ0v) is 18.7. The number of nitrogens with zero attached hydrogens (tertiary/aromatic N) is 1. The van der Waals surface area contributed by atoms with Gasteiger partial charge in [-0.15, -0.1) is 0 Å². The molecule has 0 bridgehead atoms. The topological polar surface area (TPSA) is 31.2 Å². The van der Waals surface area contributed by atoms with E-state index in [1.54, 1.807) is 0 Å². The molecule has 0 saturated heterocycles. The molecule has 3 heteroatoms. The fourth-order valence-electron chi connectivity index (χ4n) is 4.11. The van der Waals surface area contributed by atoms with Crippen molar-refractivity contribution in [2.24, 2.45) is 7.05 Å². The standard InChI is InChI=1S/C28H29NO2/c1-19(2)24-17-25(28(14-20(24)3)31-18-21-8-6-5-7-9-21)27(30)16-22-10-11-26-23(15-22)12-13-29(26)4/h5-15,17,19H,16,18H2,1-4H3. The smallest absolute Gasteiger partial charge is 0.170 e. The van der Waals surface area contributed by atoms with E-state index in [9.17, 15) is 4.79 Å². The number of ether oxygens (including phenoxy) is 1. The van der Waals surface area contributed by atoms with Crippen molar-refractivity contribution in [2.45, 2.75) is 39.7 Å². The van der Waals surface area contributed by atoms with Crippen molar-refractivity contribution < 1.29 is 9.53 Å². The van der Waals surface area contributed by atoms with E-state index in [1.807, 2.05) is 61.8 Å². The molecule has 4 aromatic rings. The summed E-state index contributed by atoms with van der Waals surface area (Å²) >= 11 is 0. The van der Waals surface area contributed by atoms with Crippen LogP contribution < -0.4 is 4.74 Å². The molecule has 0 N–H and O–H groups in total. The normalized spacial score (nSPS) is 11.3. The first-order valence-electron chi connectivity index (χ1n) is 10.8. The first kappa shape index (κ1) is 20.9. The average Bonchev–Trinajstić information content (AvgIpc) is 3.12. The summed E-state index contributed by atoms with van der Waals surface area (Å²) in [6.07, 6.45) is 2.40. The molecule has 0 unspecified atom stereocenters. The molecular weight excluding hydrogens is 382 g/mol. The van der Waals surface area contributed by atoms with Crippen molar-refractivity contribution in [1.29, 1.82) is 0 Å². The van der Waals surface area contributed by atoms with E-state index in [1.165, 1.54) is 11.1 Å². The summed E-state index contributed by atoms with van der Waals surface area (Å²) in [4.78, 5) is 13.4. The van der Waals surface area contributed by atoms with Gasteiger partial charge in [-0.25, -0.2) is 0 Å². The lowest BCUT2D eigenvalue weighted by atomic mass is 9.92. The lowest BCUT2D eigenvalue weighted by Gasteiger charge is -2.17. The summed E-state index contributed by atoms with van der Waals surface area (Å²) in [6.45, 7) is 6.84. The highest BCUT2D eigenvalue weighted by molar-refractivity contribution is 6.00. The van der Waals surface area contributed by atoms with Crippen molar-refractivity contribution >= 4 is 16.7 Å². The molecule has 1 heterocycles. The van der Waals surface area contributed by atoms with Crippen LogP contribution in [0.4, 0.5) is 0 Å². The summed E-state index contributed by atoms with van der Waals surface area (Å²) in [7, 11) is 2.03. The third-order valence-corrected chi connectivity index (χ3v) is 5.84. The summed E-state index contributed by atoms with van der Waals surface area (Å²) in [5.41, 5.74) is 6.28. The number of rotatable bonds is 7. The van der Waals surface area contributed by atoms with Crippen LogP contribution in [0.1, 0.15) is 52.4 Å². The molecule has 0 atom stereocenters. The van der Waals surface area contributed by atoms with Crippen LogP contribution in [0, 0.1) is 6.92 Å². The highest BCUT2D eigenvalue weighted by atomic mass is 16.5. The first-order valence-corrected chi connectivity index (χ1v) is 10.8. The Kier molecular flexibility index (Phi) is 5.94. The van der Waals surface area contributed by atoms with Gasteiger partial charge in [-0.3, -0.25) is 4.79 Å². The molecule has 4 rings (SSSR count). The molecule has 158 valence electrons. The van der Waals surface area contributed by atoms with Crippen LogP contribution in [0.2, 0.25) is 0 Å². The van der Waals surface area contributed by atoms with E-state index in [2.05, 4.69) is 43.5 Å². The molecule has 0 amide bonds. The zero-order chi connectivity index (χ0) is 22.0. The van der Waals surface area contributed by atoms with E-state index >= 15 is 0 Å². The van der Waals surface area contributed by atoms with Gasteiger partial charge >= 0.3 is 0 Å². The minimum absolute atomic E-state index is 0.0836. The molecule has 1 aromatic heterocycles. The van der Waals surface area contributed by atoms with E-state index < -0.39 is 0 Å². The highest BCUT2D eigenvalue weighted by Crippen LogP contribution is 2.30. The van der Waals surface area contributed by atoms with Crippen LogP contribution in [0.15, 0.2) is 72.9 Å². The Labute approximate surface area is 184 Å². The molecule has 0 aliphatic carbocycles.